The second-order valence-corrected chi connectivity index (χ2v) is 4.74. The average molecular weight is 209 g/mol. The Morgan fingerprint density at radius 3 is 2.93 bits per heavy atom. The molecule has 2 rings (SSSR count). The van der Waals surface area contributed by atoms with Crippen molar-refractivity contribution >= 4 is 11.8 Å². The summed E-state index contributed by atoms with van der Waals surface area (Å²) in [4.78, 5) is 0. The normalized spacial score (nSPS) is 16.6. The van der Waals surface area contributed by atoms with E-state index in [1.165, 1.54) is 24.4 Å². The summed E-state index contributed by atoms with van der Waals surface area (Å²) in [5.74, 6) is 3.46. The fourth-order valence-corrected chi connectivity index (χ4v) is 2.56. The zero-order chi connectivity index (χ0) is 9.80. The van der Waals surface area contributed by atoms with Gasteiger partial charge in [0.25, 0.3) is 0 Å². The molecule has 0 atom stereocenters. The SMILES string of the molecule is Oc1cccc(CSCC2CNC2)c1. The molecule has 0 unspecified atom stereocenters. The third kappa shape index (κ3) is 2.66. The first kappa shape index (κ1) is 9.87. The van der Waals surface area contributed by atoms with Crippen LogP contribution in [0, 0.1) is 5.92 Å². The van der Waals surface area contributed by atoms with Crippen molar-refractivity contribution in [1.29, 1.82) is 0 Å². The molecule has 0 amide bonds. The maximum absolute atomic E-state index is 9.26. The standard InChI is InChI=1S/C11H15NOS/c13-11-3-1-2-9(4-11)7-14-8-10-5-12-6-10/h1-4,10,12-13H,5-8H2. The van der Waals surface area contributed by atoms with Gasteiger partial charge in [0.1, 0.15) is 5.75 Å². The summed E-state index contributed by atoms with van der Waals surface area (Å²) >= 11 is 1.95. The highest BCUT2D eigenvalue weighted by Gasteiger charge is 2.15. The van der Waals surface area contributed by atoms with Gasteiger partial charge in [0.05, 0.1) is 0 Å². The van der Waals surface area contributed by atoms with Crippen LogP contribution in [0.4, 0.5) is 0 Å². The van der Waals surface area contributed by atoms with Gasteiger partial charge in [0.2, 0.25) is 0 Å². The quantitative estimate of drug-likeness (QED) is 0.793. The highest BCUT2D eigenvalue weighted by Crippen LogP contribution is 2.19. The third-order valence-electron chi connectivity index (χ3n) is 2.40. The highest BCUT2D eigenvalue weighted by molar-refractivity contribution is 7.98. The molecule has 1 heterocycles. The molecule has 14 heavy (non-hydrogen) atoms. The molecule has 3 heteroatoms. The molecule has 1 aliphatic rings. The molecule has 1 aromatic carbocycles. The predicted octanol–water partition coefficient (Wildman–Crippen LogP) is 1.84. The Bertz CT molecular complexity index is 299. The van der Waals surface area contributed by atoms with Crippen molar-refractivity contribution in [3.63, 3.8) is 0 Å². The van der Waals surface area contributed by atoms with Gasteiger partial charge in [-0.15, -0.1) is 0 Å². The minimum absolute atomic E-state index is 0.369. The molecule has 1 aromatic rings. The van der Waals surface area contributed by atoms with E-state index in [1.807, 2.05) is 23.9 Å². The van der Waals surface area contributed by atoms with Crippen LogP contribution < -0.4 is 5.32 Å². The lowest BCUT2D eigenvalue weighted by Gasteiger charge is -2.26. The van der Waals surface area contributed by atoms with Gasteiger partial charge in [-0.3, -0.25) is 0 Å². The van der Waals surface area contributed by atoms with E-state index in [2.05, 4.69) is 11.4 Å². The van der Waals surface area contributed by atoms with E-state index >= 15 is 0 Å². The molecular weight excluding hydrogens is 194 g/mol. The first-order valence-corrected chi connectivity index (χ1v) is 6.06. The van der Waals surface area contributed by atoms with Crippen LogP contribution in [0.3, 0.4) is 0 Å². The van der Waals surface area contributed by atoms with Crippen molar-refractivity contribution in [3.05, 3.63) is 29.8 Å². The van der Waals surface area contributed by atoms with Gasteiger partial charge in [0, 0.05) is 5.75 Å². The largest absolute Gasteiger partial charge is 0.508 e. The van der Waals surface area contributed by atoms with Crippen molar-refractivity contribution in [1.82, 2.24) is 5.32 Å². The average Bonchev–Trinajstić information content (AvgIpc) is 2.09. The minimum atomic E-state index is 0.369. The lowest BCUT2D eigenvalue weighted by atomic mass is 10.1. The van der Waals surface area contributed by atoms with Crippen LogP contribution in [0.2, 0.25) is 0 Å². The van der Waals surface area contributed by atoms with Gasteiger partial charge in [-0.2, -0.15) is 11.8 Å². The molecule has 0 bridgehead atoms. The van der Waals surface area contributed by atoms with Crippen molar-refractivity contribution in [3.8, 4) is 5.75 Å². The Morgan fingerprint density at radius 1 is 1.43 bits per heavy atom. The maximum atomic E-state index is 9.26. The van der Waals surface area contributed by atoms with E-state index in [-0.39, 0.29) is 0 Å². The van der Waals surface area contributed by atoms with Gasteiger partial charge in [-0.25, -0.2) is 0 Å². The monoisotopic (exact) mass is 209 g/mol. The van der Waals surface area contributed by atoms with Crippen LogP contribution in [0.25, 0.3) is 0 Å². The number of phenols is 1. The van der Waals surface area contributed by atoms with Gasteiger partial charge in [0.15, 0.2) is 0 Å². The highest BCUT2D eigenvalue weighted by atomic mass is 32.2. The molecule has 0 aromatic heterocycles. The first-order chi connectivity index (χ1) is 6.84. The molecule has 1 aliphatic heterocycles. The molecule has 0 saturated carbocycles. The number of phenolic OH excluding ortho intramolecular Hbond substituents is 1. The molecule has 0 aliphatic carbocycles. The summed E-state index contributed by atoms with van der Waals surface area (Å²) in [7, 11) is 0. The number of thioether (sulfide) groups is 1. The maximum Gasteiger partial charge on any atom is 0.115 e. The molecule has 76 valence electrons. The van der Waals surface area contributed by atoms with E-state index in [4.69, 9.17) is 0 Å². The van der Waals surface area contributed by atoms with E-state index in [0.717, 1.165) is 11.7 Å². The summed E-state index contributed by atoms with van der Waals surface area (Å²) in [5.41, 5.74) is 1.21. The summed E-state index contributed by atoms with van der Waals surface area (Å²) in [6.07, 6.45) is 0. The summed E-state index contributed by atoms with van der Waals surface area (Å²) in [6, 6.07) is 7.51. The van der Waals surface area contributed by atoms with Crippen LogP contribution in [-0.2, 0) is 5.75 Å². The van der Waals surface area contributed by atoms with E-state index in [0.29, 0.717) is 5.75 Å². The Hall–Kier alpha value is -0.670. The third-order valence-corrected chi connectivity index (χ3v) is 3.64. The van der Waals surface area contributed by atoms with E-state index in [1.54, 1.807) is 6.07 Å². The number of benzene rings is 1. The Labute approximate surface area is 88.7 Å². The number of hydrogen-bond acceptors (Lipinski definition) is 3. The summed E-state index contributed by atoms with van der Waals surface area (Å²) in [5, 5.41) is 12.5. The van der Waals surface area contributed by atoms with Crippen LogP contribution in [0.15, 0.2) is 24.3 Å². The van der Waals surface area contributed by atoms with Gasteiger partial charge >= 0.3 is 0 Å². The number of nitrogens with one attached hydrogen (secondary N) is 1. The van der Waals surface area contributed by atoms with Gasteiger partial charge in [-0.05, 0) is 42.5 Å². The molecule has 0 radical (unpaired) electrons. The Balaban J connectivity index is 1.74. The van der Waals surface area contributed by atoms with Crippen LogP contribution in [-0.4, -0.2) is 23.9 Å². The van der Waals surface area contributed by atoms with Crippen molar-refractivity contribution < 1.29 is 5.11 Å². The fraction of sp³-hybridized carbons (Fsp3) is 0.455. The second-order valence-electron chi connectivity index (χ2n) is 3.71. The lowest BCUT2D eigenvalue weighted by Crippen LogP contribution is -2.43. The molecule has 0 spiro atoms. The summed E-state index contributed by atoms with van der Waals surface area (Å²) < 4.78 is 0. The van der Waals surface area contributed by atoms with Crippen LogP contribution in [0.5, 0.6) is 5.75 Å². The van der Waals surface area contributed by atoms with E-state index in [9.17, 15) is 5.11 Å². The first-order valence-electron chi connectivity index (χ1n) is 4.91. The number of aromatic hydroxyl groups is 1. The van der Waals surface area contributed by atoms with Crippen molar-refractivity contribution in [2.45, 2.75) is 5.75 Å². The van der Waals surface area contributed by atoms with Gasteiger partial charge in [-0.1, -0.05) is 12.1 Å². The second kappa shape index (κ2) is 4.71. The fourth-order valence-electron chi connectivity index (χ4n) is 1.46. The van der Waals surface area contributed by atoms with Gasteiger partial charge < -0.3 is 10.4 Å². The topological polar surface area (TPSA) is 32.3 Å². The zero-order valence-electron chi connectivity index (χ0n) is 8.07. The van der Waals surface area contributed by atoms with Crippen molar-refractivity contribution in [2.24, 2.45) is 5.92 Å². The molecule has 1 saturated heterocycles. The summed E-state index contributed by atoms with van der Waals surface area (Å²) in [6.45, 7) is 2.35. The number of rotatable bonds is 4. The molecule has 2 nitrogen and oxygen atoms in total. The molecular formula is C11H15NOS. The van der Waals surface area contributed by atoms with Crippen molar-refractivity contribution in [2.75, 3.05) is 18.8 Å². The Morgan fingerprint density at radius 2 is 2.29 bits per heavy atom. The van der Waals surface area contributed by atoms with Crippen LogP contribution in [0.1, 0.15) is 5.56 Å². The van der Waals surface area contributed by atoms with E-state index < -0.39 is 0 Å². The smallest absolute Gasteiger partial charge is 0.115 e. The predicted molar refractivity (Wildman–Crippen MR) is 60.6 cm³/mol. The lowest BCUT2D eigenvalue weighted by molar-refractivity contribution is 0.385. The minimum Gasteiger partial charge on any atom is -0.508 e. The zero-order valence-corrected chi connectivity index (χ0v) is 8.89. The molecule has 1 fully saturated rings. The van der Waals surface area contributed by atoms with Crippen LogP contribution >= 0.6 is 11.8 Å². The Kier molecular flexibility index (Phi) is 3.32. The number of hydrogen-bond donors (Lipinski definition) is 2. The molecule has 2 N–H and O–H groups in total.